The number of unbranched alkanes of at least 4 members (excludes halogenated alkanes) is 2. The third-order valence-electron chi connectivity index (χ3n) is 2.38. The zero-order chi connectivity index (χ0) is 12.5. The minimum atomic E-state index is -0.189. The number of H-pyrrole nitrogens is 1. The molecule has 0 fully saturated rings. The molecule has 0 bridgehead atoms. The maximum Gasteiger partial charge on any atom is 0.290 e. The van der Waals surface area contributed by atoms with Gasteiger partial charge >= 0.3 is 0 Å². The molecule has 0 aliphatic rings. The van der Waals surface area contributed by atoms with Gasteiger partial charge in [0.25, 0.3) is 5.91 Å². The molecule has 2 N–H and O–H groups in total. The van der Waals surface area contributed by atoms with Crippen LogP contribution in [0.1, 0.15) is 42.6 Å². The lowest BCUT2D eigenvalue weighted by molar-refractivity contribution is 0.0943. The Labute approximate surface area is 106 Å². The van der Waals surface area contributed by atoms with E-state index in [4.69, 9.17) is 0 Å². The van der Waals surface area contributed by atoms with E-state index in [1.165, 1.54) is 12.2 Å². The van der Waals surface area contributed by atoms with Crippen LogP contribution in [0.25, 0.3) is 0 Å². The number of rotatable bonds is 8. The van der Waals surface area contributed by atoms with Crippen molar-refractivity contribution in [3.8, 4) is 0 Å². The van der Waals surface area contributed by atoms with Crippen LogP contribution in [0.4, 0.5) is 0 Å². The predicted molar refractivity (Wildman–Crippen MR) is 70.3 cm³/mol. The molecule has 0 atom stereocenters. The van der Waals surface area contributed by atoms with Gasteiger partial charge in [0.1, 0.15) is 5.82 Å². The molecule has 1 heterocycles. The number of carbonyl (C=O) groups excluding carboxylic acids is 1. The molecule has 5 nitrogen and oxygen atoms in total. The summed E-state index contributed by atoms with van der Waals surface area (Å²) in [5.41, 5.74) is 0. The van der Waals surface area contributed by atoms with E-state index in [-0.39, 0.29) is 11.7 Å². The number of nitrogens with one attached hydrogen (secondary N) is 2. The maximum absolute atomic E-state index is 11.6. The lowest BCUT2D eigenvalue weighted by Crippen LogP contribution is -2.25. The highest BCUT2D eigenvalue weighted by atomic mass is 32.2. The van der Waals surface area contributed by atoms with Gasteiger partial charge in [-0.25, -0.2) is 4.98 Å². The van der Waals surface area contributed by atoms with Crippen molar-refractivity contribution in [3.63, 3.8) is 0 Å². The van der Waals surface area contributed by atoms with E-state index in [0.717, 1.165) is 25.1 Å². The molecule has 0 unspecified atom stereocenters. The maximum atomic E-state index is 11.6. The lowest BCUT2D eigenvalue weighted by Gasteiger charge is -2.01. The zero-order valence-electron chi connectivity index (χ0n) is 10.5. The van der Waals surface area contributed by atoms with Crippen molar-refractivity contribution in [1.82, 2.24) is 20.5 Å². The summed E-state index contributed by atoms with van der Waals surface area (Å²) < 4.78 is 0. The zero-order valence-corrected chi connectivity index (χ0v) is 11.3. The van der Waals surface area contributed by atoms with Crippen LogP contribution in [-0.4, -0.2) is 39.6 Å². The van der Waals surface area contributed by atoms with Crippen molar-refractivity contribution < 1.29 is 4.79 Å². The van der Waals surface area contributed by atoms with Gasteiger partial charge in [0.05, 0.1) is 0 Å². The molecular formula is C11H20N4OS. The van der Waals surface area contributed by atoms with Gasteiger partial charge in [-0.3, -0.25) is 9.89 Å². The first-order valence-electron chi connectivity index (χ1n) is 5.96. The summed E-state index contributed by atoms with van der Waals surface area (Å²) >= 11 is 1.86. The average molecular weight is 256 g/mol. The van der Waals surface area contributed by atoms with Gasteiger partial charge in [-0.05, 0) is 24.9 Å². The molecule has 6 heteroatoms. The molecule has 1 aromatic rings. The molecule has 0 radical (unpaired) electrons. The van der Waals surface area contributed by atoms with E-state index in [0.29, 0.717) is 6.54 Å². The number of amides is 1. The molecule has 0 aromatic carbocycles. The number of thioether (sulfide) groups is 1. The minimum Gasteiger partial charge on any atom is -0.349 e. The Morgan fingerprint density at radius 3 is 2.88 bits per heavy atom. The number of carbonyl (C=O) groups is 1. The van der Waals surface area contributed by atoms with Crippen molar-refractivity contribution >= 4 is 17.7 Å². The Morgan fingerprint density at radius 2 is 2.24 bits per heavy atom. The summed E-state index contributed by atoms with van der Waals surface area (Å²) in [6, 6.07) is 0. The lowest BCUT2D eigenvalue weighted by atomic mass is 10.2. The Morgan fingerprint density at radius 1 is 1.41 bits per heavy atom. The van der Waals surface area contributed by atoms with E-state index in [1.54, 1.807) is 0 Å². The predicted octanol–water partition coefficient (Wildman–Crippen LogP) is 1.63. The molecule has 1 aromatic heterocycles. The van der Waals surface area contributed by atoms with E-state index >= 15 is 0 Å². The number of nitrogens with zero attached hydrogens (tertiary/aromatic N) is 2. The van der Waals surface area contributed by atoms with Crippen LogP contribution in [0.15, 0.2) is 0 Å². The van der Waals surface area contributed by atoms with Gasteiger partial charge in [0.15, 0.2) is 0 Å². The molecular weight excluding hydrogens is 236 g/mol. The summed E-state index contributed by atoms with van der Waals surface area (Å²) in [5, 5.41) is 9.42. The summed E-state index contributed by atoms with van der Waals surface area (Å²) in [4.78, 5) is 15.7. The normalized spacial score (nSPS) is 10.5. The van der Waals surface area contributed by atoms with E-state index in [2.05, 4.69) is 26.8 Å². The van der Waals surface area contributed by atoms with Crippen molar-refractivity contribution in [2.24, 2.45) is 0 Å². The van der Waals surface area contributed by atoms with Crippen LogP contribution in [0.5, 0.6) is 0 Å². The van der Waals surface area contributed by atoms with Crippen LogP contribution in [0, 0.1) is 0 Å². The van der Waals surface area contributed by atoms with Crippen LogP contribution in [0.3, 0.4) is 0 Å². The molecule has 1 amide bonds. The van der Waals surface area contributed by atoms with Crippen LogP contribution in [-0.2, 0) is 6.42 Å². The highest BCUT2D eigenvalue weighted by Gasteiger charge is 2.10. The number of hydrogen-bond donors (Lipinski definition) is 2. The van der Waals surface area contributed by atoms with E-state index in [9.17, 15) is 4.79 Å². The topological polar surface area (TPSA) is 70.7 Å². The van der Waals surface area contributed by atoms with Crippen molar-refractivity contribution in [1.29, 1.82) is 0 Å². The largest absolute Gasteiger partial charge is 0.349 e. The van der Waals surface area contributed by atoms with Gasteiger partial charge < -0.3 is 5.32 Å². The molecule has 0 spiro atoms. The molecule has 0 aliphatic carbocycles. The third-order valence-corrected chi connectivity index (χ3v) is 3.08. The Bertz CT molecular complexity index is 340. The summed E-state index contributed by atoms with van der Waals surface area (Å²) in [5.74, 6) is 1.99. The molecule has 0 aliphatic heterocycles. The minimum absolute atomic E-state index is 0.189. The van der Waals surface area contributed by atoms with E-state index in [1.807, 2.05) is 18.7 Å². The van der Waals surface area contributed by atoms with Crippen LogP contribution >= 0.6 is 11.8 Å². The highest BCUT2D eigenvalue weighted by molar-refractivity contribution is 7.98. The number of aromatic nitrogens is 3. The Balaban J connectivity index is 2.16. The summed E-state index contributed by atoms with van der Waals surface area (Å²) in [6.45, 7) is 2.66. The Hall–Kier alpha value is -1.04. The molecule has 1 rings (SSSR count). The number of aryl methyl sites for hydroxylation is 1. The van der Waals surface area contributed by atoms with Gasteiger partial charge in [0, 0.05) is 13.0 Å². The smallest absolute Gasteiger partial charge is 0.290 e. The monoisotopic (exact) mass is 256 g/mol. The van der Waals surface area contributed by atoms with Crippen molar-refractivity contribution in [2.75, 3.05) is 18.6 Å². The fraction of sp³-hybridized carbons (Fsp3) is 0.727. The quantitative estimate of drug-likeness (QED) is 0.694. The molecule has 0 saturated heterocycles. The average Bonchev–Trinajstić information content (AvgIpc) is 2.82. The second-order valence-corrected chi connectivity index (χ2v) is 4.75. The summed E-state index contributed by atoms with van der Waals surface area (Å²) in [6.07, 6.45) is 6.23. The SMILES string of the molecule is CCc1nc(C(=O)NCCCCCSC)n[nH]1. The van der Waals surface area contributed by atoms with Gasteiger partial charge in [-0.1, -0.05) is 13.3 Å². The Kier molecular flexibility index (Phi) is 6.69. The van der Waals surface area contributed by atoms with Crippen LogP contribution in [0.2, 0.25) is 0 Å². The summed E-state index contributed by atoms with van der Waals surface area (Å²) in [7, 11) is 0. The van der Waals surface area contributed by atoms with Gasteiger partial charge in [-0.2, -0.15) is 11.8 Å². The van der Waals surface area contributed by atoms with Crippen LogP contribution < -0.4 is 5.32 Å². The number of hydrogen-bond acceptors (Lipinski definition) is 4. The molecule has 0 saturated carbocycles. The first kappa shape index (κ1) is 14.0. The standard InChI is InChI=1S/C11H20N4OS/c1-3-9-13-10(15-14-9)11(16)12-7-5-4-6-8-17-2/h3-8H2,1-2H3,(H,12,16)(H,13,14,15). The fourth-order valence-electron chi connectivity index (χ4n) is 1.38. The third kappa shape index (κ3) is 5.21. The van der Waals surface area contributed by atoms with Gasteiger partial charge in [-0.15, -0.1) is 5.10 Å². The fourth-order valence-corrected chi connectivity index (χ4v) is 1.88. The first-order chi connectivity index (χ1) is 8.27. The molecule has 96 valence electrons. The highest BCUT2D eigenvalue weighted by Crippen LogP contribution is 2.01. The van der Waals surface area contributed by atoms with Gasteiger partial charge in [0.2, 0.25) is 5.82 Å². The van der Waals surface area contributed by atoms with E-state index < -0.39 is 0 Å². The van der Waals surface area contributed by atoms with Crippen molar-refractivity contribution in [3.05, 3.63) is 11.6 Å². The first-order valence-corrected chi connectivity index (χ1v) is 7.35. The second kappa shape index (κ2) is 8.11. The number of aromatic amines is 1. The molecule has 17 heavy (non-hydrogen) atoms. The van der Waals surface area contributed by atoms with Crippen molar-refractivity contribution in [2.45, 2.75) is 32.6 Å². The second-order valence-electron chi connectivity index (χ2n) is 3.77.